The van der Waals surface area contributed by atoms with Gasteiger partial charge in [0.05, 0.1) is 11.9 Å². The summed E-state index contributed by atoms with van der Waals surface area (Å²) in [5.74, 6) is 0. The van der Waals surface area contributed by atoms with Crippen LogP contribution in [0.4, 0.5) is 0 Å². The van der Waals surface area contributed by atoms with Crippen LogP contribution in [0.25, 0.3) is 17.0 Å². The Bertz CT molecular complexity index is 538. The lowest BCUT2D eigenvalue weighted by Gasteiger charge is -1.97. The molecule has 15 heavy (non-hydrogen) atoms. The first-order chi connectivity index (χ1) is 7.29. The Morgan fingerprint density at radius 3 is 2.80 bits per heavy atom. The summed E-state index contributed by atoms with van der Waals surface area (Å²) >= 11 is 0. The molecule has 2 rings (SSSR count). The molecule has 2 aromatic rings. The van der Waals surface area contributed by atoms with E-state index < -0.39 is 0 Å². The lowest BCUT2D eigenvalue weighted by Crippen LogP contribution is -1.95. The van der Waals surface area contributed by atoms with Crippen molar-refractivity contribution in [3.05, 3.63) is 42.1 Å². The fraction of sp³-hybridized carbons (Fsp3) is 0.0833. The monoisotopic (exact) mass is 200 g/mol. The summed E-state index contributed by atoms with van der Waals surface area (Å²) in [4.78, 5) is 0. The Hall–Kier alpha value is -2.03. The zero-order chi connectivity index (χ0) is 10.8. The van der Waals surface area contributed by atoms with Crippen LogP contribution < -0.4 is 0 Å². The molecule has 0 aliphatic heterocycles. The summed E-state index contributed by atoms with van der Waals surface area (Å²) in [5.41, 5.74) is 2.95. The number of rotatable bonds is 2. The van der Waals surface area contributed by atoms with Crippen LogP contribution in [0.3, 0.4) is 0 Å². The molecule has 0 fully saturated rings. The van der Waals surface area contributed by atoms with Gasteiger partial charge in [0.15, 0.2) is 0 Å². The molecule has 1 aromatic carbocycles. The van der Waals surface area contributed by atoms with Crippen LogP contribution in [0.5, 0.6) is 0 Å². The van der Waals surface area contributed by atoms with Gasteiger partial charge < -0.3 is 9.77 Å². The summed E-state index contributed by atoms with van der Waals surface area (Å²) in [6.45, 7) is 3.78. The van der Waals surface area contributed by atoms with Crippen molar-refractivity contribution in [2.75, 3.05) is 0 Å². The second kappa shape index (κ2) is 3.61. The van der Waals surface area contributed by atoms with Gasteiger partial charge in [0.25, 0.3) is 0 Å². The highest BCUT2D eigenvalue weighted by atomic mass is 16.4. The molecule has 0 radical (unpaired) electrons. The van der Waals surface area contributed by atoms with Gasteiger partial charge in [0.2, 0.25) is 0 Å². The second-order valence-electron chi connectivity index (χ2n) is 3.32. The number of nitrogens with zero attached hydrogens (tertiary/aromatic N) is 2. The number of hydrogen-bond acceptors (Lipinski definition) is 2. The van der Waals surface area contributed by atoms with Crippen molar-refractivity contribution in [1.82, 2.24) is 4.57 Å². The molecule has 0 amide bonds. The van der Waals surface area contributed by atoms with Crippen molar-refractivity contribution >= 4 is 23.2 Å². The zero-order valence-corrected chi connectivity index (χ0v) is 8.51. The molecule has 0 atom stereocenters. The van der Waals surface area contributed by atoms with Gasteiger partial charge in [0, 0.05) is 23.5 Å². The second-order valence-corrected chi connectivity index (χ2v) is 3.32. The van der Waals surface area contributed by atoms with Crippen molar-refractivity contribution in [2.45, 2.75) is 0 Å². The predicted octanol–water partition coefficient (Wildman–Crippen LogP) is 2.63. The predicted molar refractivity (Wildman–Crippen MR) is 62.4 cm³/mol. The van der Waals surface area contributed by atoms with Gasteiger partial charge in [-0.3, -0.25) is 0 Å². The molecule has 0 spiro atoms. The Balaban J connectivity index is 2.89. The molecule has 1 aromatic heterocycles. The van der Waals surface area contributed by atoms with Gasteiger partial charge in [-0.15, -0.1) is 0 Å². The number of para-hydroxylation sites is 1. The van der Waals surface area contributed by atoms with Gasteiger partial charge in [-0.1, -0.05) is 36.0 Å². The standard InChI is InChI=1S/C12H12N2O/c1-3-9-10-6-4-5-7-11(10)14(2)12(9)8-13-15/h3-8,15H,1H2,2H3/b13-8+. The average molecular weight is 200 g/mol. The van der Waals surface area contributed by atoms with E-state index in [1.165, 1.54) is 6.21 Å². The molecular weight excluding hydrogens is 188 g/mol. The molecule has 76 valence electrons. The van der Waals surface area contributed by atoms with E-state index in [4.69, 9.17) is 5.21 Å². The molecule has 1 heterocycles. The summed E-state index contributed by atoms with van der Waals surface area (Å²) in [7, 11) is 1.94. The molecule has 1 N–H and O–H groups in total. The van der Waals surface area contributed by atoms with E-state index in [2.05, 4.69) is 11.7 Å². The van der Waals surface area contributed by atoms with Gasteiger partial charge in [-0.2, -0.15) is 0 Å². The fourth-order valence-corrected chi connectivity index (χ4v) is 1.87. The van der Waals surface area contributed by atoms with Crippen molar-refractivity contribution in [3.63, 3.8) is 0 Å². The molecular formula is C12H12N2O. The van der Waals surface area contributed by atoms with E-state index >= 15 is 0 Å². The Kier molecular flexibility index (Phi) is 2.29. The summed E-state index contributed by atoms with van der Waals surface area (Å²) in [6, 6.07) is 8.02. The SMILES string of the molecule is C=Cc1c(/C=N/O)n(C)c2ccccc12. The van der Waals surface area contributed by atoms with Crippen LogP contribution in [0.1, 0.15) is 11.3 Å². The minimum atomic E-state index is 0.855. The van der Waals surface area contributed by atoms with E-state index in [9.17, 15) is 0 Å². The van der Waals surface area contributed by atoms with Crippen LogP contribution in [-0.2, 0) is 7.05 Å². The average Bonchev–Trinajstić information content (AvgIpc) is 2.54. The topological polar surface area (TPSA) is 37.5 Å². The maximum atomic E-state index is 8.61. The third-order valence-corrected chi connectivity index (χ3v) is 2.58. The lowest BCUT2D eigenvalue weighted by atomic mass is 10.1. The van der Waals surface area contributed by atoms with Crippen molar-refractivity contribution in [2.24, 2.45) is 12.2 Å². The highest BCUT2D eigenvalue weighted by Crippen LogP contribution is 2.24. The number of fused-ring (bicyclic) bond motifs is 1. The van der Waals surface area contributed by atoms with E-state index in [0.717, 1.165) is 22.2 Å². The third-order valence-electron chi connectivity index (χ3n) is 2.58. The third kappa shape index (κ3) is 1.32. The molecule has 0 aliphatic rings. The Morgan fingerprint density at radius 2 is 2.13 bits per heavy atom. The van der Waals surface area contributed by atoms with Crippen LogP contribution >= 0.6 is 0 Å². The lowest BCUT2D eigenvalue weighted by molar-refractivity contribution is 0.321. The first-order valence-corrected chi connectivity index (χ1v) is 4.67. The Morgan fingerprint density at radius 1 is 1.40 bits per heavy atom. The summed E-state index contributed by atoms with van der Waals surface area (Å²) < 4.78 is 1.98. The number of aryl methyl sites for hydroxylation is 1. The van der Waals surface area contributed by atoms with Crippen LogP contribution in [0, 0.1) is 0 Å². The van der Waals surface area contributed by atoms with E-state index in [0.29, 0.717) is 0 Å². The van der Waals surface area contributed by atoms with Crippen LogP contribution in [0.2, 0.25) is 0 Å². The fourth-order valence-electron chi connectivity index (χ4n) is 1.87. The highest BCUT2D eigenvalue weighted by Gasteiger charge is 2.10. The molecule has 3 heteroatoms. The largest absolute Gasteiger partial charge is 0.411 e. The van der Waals surface area contributed by atoms with E-state index in [1.54, 1.807) is 6.08 Å². The molecule has 0 unspecified atom stereocenters. The molecule has 0 saturated carbocycles. The van der Waals surface area contributed by atoms with Gasteiger partial charge in [0.1, 0.15) is 0 Å². The summed E-state index contributed by atoms with van der Waals surface area (Å²) in [6.07, 6.45) is 3.20. The summed E-state index contributed by atoms with van der Waals surface area (Å²) in [5, 5.41) is 12.8. The molecule has 3 nitrogen and oxygen atoms in total. The first kappa shape index (κ1) is 9.52. The van der Waals surface area contributed by atoms with E-state index in [1.807, 2.05) is 35.9 Å². The number of benzene rings is 1. The van der Waals surface area contributed by atoms with Gasteiger partial charge in [-0.25, -0.2) is 0 Å². The minimum absolute atomic E-state index is 0.855. The number of aromatic nitrogens is 1. The molecule has 0 bridgehead atoms. The number of hydrogen-bond donors (Lipinski definition) is 1. The van der Waals surface area contributed by atoms with Gasteiger partial charge in [-0.05, 0) is 6.07 Å². The van der Waals surface area contributed by atoms with Crippen molar-refractivity contribution < 1.29 is 5.21 Å². The zero-order valence-electron chi connectivity index (χ0n) is 8.51. The van der Waals surface area contributed by atoms with E-state index in [-0.39, 0.29) is 0 Å². The van der Waals surface area contributed by atoms with Crippen LogP contribution in [-0.4, -0.2) is 16.0 Å². The first-order valence-electron chi connectivity index (χ1n) is 4.67. The molecule has 0 saturated heterocycles. The normalized spacial score (nSPS) is 11.3. The minimum Gasteiger partial charge on any atom is -0.411 e. The van der Waals surface area contributed by atoms with Crippen LogP contribution in [0.15, 0.2) is 36.0 Å². The smallest absolute Gasteiger partial charge is 0.0904 e. The number of oxime groups is 1. The van der Waals surface area contributed by atoms with Crippen molar-refractivity contribution in [1.29, 1.82) is 0 Å². The maximum absolute atomic E-state index is 8.61. The Labute approximate surface area is 87.9 Å². The quantitative estimate of drug-likeness (QED) is 0.451. The maximum Gasteiger partial charge on any atom is 0.0904 e. The molecule has 0 aliphatic carbocycles. The van der Waals surface area contributed by atoms with Gasteiger partial charge >= 0.3 is 0 Å². The van der Waals surface area contributed by atoms with Crippen molar-refractivity contribution in [3.8, 4) is 0 Å². The highest BCUT2D eigenvalue weighted by molar-refractivity contribution is 5.99.